The molecule has 0 amide bonds. The molecule has 0 radical (unpaired) electrons. The van der Waals surface area contributed by atoms with Crippen molar-refractivity contribution in [1.82, 2.24) is 0 Å². The van der Waals surface area contributed by atoms with Crippen molar-refractivity contribution in [3.05, 3.63) is 42.5 Å². The van der Waals surface area contributed by atoms with Gasteiger partial charge < -0.3 is 0 Å². The van der Waals surface area contributed by atoms with Crippen molar-refractivity contribution in [2.45, 2.75) is 17.3 Å². The Bertz CT molecular complexity index is 437. The summed E-state index contributed by atoms with van der Waals surface area (Å²) in [4.78, 5) is 0.985. The van der Waals surface area contributed by atoms with Gasteiger partial charge in [-0.2, -0.15) is 0 Å². The van der Waals surface area contributed by atoms with Crippen LogP contribution in [0.1, 0.15) is 6.92 Å². The molecule has 0 heterocycles. The van der Waals surface area contributed by atoms with Gasteiger partial charge in [0.2, 0.25) is 0 Å². The summed E-state index contributed by atoms with van der Waals surface area (Å²) >= 11 is 1.25. The molecule has 0 nitrogen and oxygen atoms in total. The minimum absolute atomic E-state index is 0.851. The molecule has 1 atom stereocenters. The molecule has 0 spiro atoms. The van der Waals surface area contributed by atoms with E-state index in [-0.39, 0.29) is 0 Å². The molecule has 0 aromatic heterocycles. The quantitative estimate of drug-likeness (QED) is 0.662. The lowest BCUT2D eigenvalue weighted by Gasteiger charge is -2.03. The Labute approximate surface area is 87.1 Å². The lowest BCUT2D eigenvalue weighted by atomic mass is 10.1. The van der Waals surface area contributed by atoms with E-state index < -0.39 is 5.50 Å². The van der Waals surface area contributed by atoms with Gasteiger partial charge in [-0.05, 0) is 29.8 Å². The van der Waals surface area contributed by atoms with Crippen molar-refractivity contribution in [3.8, 4) is 0 Å². The van der Waals surface area contributed by atoms with Crippen LogP contribution in [0.3, 0.4) is 0 Å². The van der Waals surface area contributed by atoms with Gasteiger partial charge in [-0.3, -0.25) is 0 Å². The number of hydrogen-bond donors (Lipinski definition) is 0. The number of fused-ring (bicyclic) bond motifs is 1. The summed E-state index contributed by atoms with van der Waals surface area (Å²) in [7, 11) is 0. The third kappa shape index (κ3) is 2.07. The molecule has 0 aliphatic carbocycles. The molecule has 2 aromatic rings. The van der Waals surface area contributed by atoms with Gasteiger partial charge in [0.15, 0.2) is 0 Å². The fourth-order valence-corrected chi connectivity index (χ4v) is 2.14. The summed E-state index contributed by atoms with van der Waals surface area (Å²) in [5.41, 5.74) is -0.851. The van der Waals surface area contributed by atoms with Crippen molar-refractivity contribution in [3.63, 3.8) is 0 Å². The minimum Gasteiger partial charge on any atom is -0.236 e. The molecule has 1 unspecified atom stereocenters. The van der Waals surface area contributed by atoms with E-state index in [0.29, 0.717) is 0 Å². The normalized spacial score (nSPS) is 13.0. The zero-order valence-electron chi connectivity index (χ0n) is 7.91. The van der Waals surface area contributed by atoms with Gasteiger partial charge in [0.1, 0.15) is 5.50 Å². The first kappa shape index (κ1) is 9.53. The van der Waals surface area contributed by atoms with Crippen molar-refractivity contribution >= 4 is 22.5 Å². The fourth-order valence-electron chi connectivity index (χ4n) is 1.43. The van der Waals surface area contributed by atoms with Crippen LogP contribution in [0.15, 0.2) is 47.4 Å². The van der Waals surface area contributed by atoms with Crippen LogP contribution in [0, 0.1) is 0 Å². The average molecular weight is 206 g/mol. The van der Waals surface area contributed by atoms with Crippen molar-refractivity contribution in [1.29, 1.82) is 0 Å². The molecule has 0 N–H and O–H groups in total. The maximum atomic E-state index is 12.8. The molecule has 72 valence electrons. The minimum atomic E-state index is -0.851. The van der Waals surface area contributed by atoms with Crippen LogP contribution in [0.5, 0.6) is 0 Å². The number of alkyl halides is 1. The lowest BCUT2D eigenvalue weighted by molar-refractivity contribution is 0.483. The van der Waals surface area contributed by atoms with Crippen LogP contribution in [0.2, 0.25) is 0 Å². The van der Waals surface area contributed by atoms with E-state index in [1.165, 1.54) is 17.1 Å². The zero-order chi connectivity index (χ0) is 9.97. The van der Waals surface area contributed by atoms with E-state index in [1.807, 2.05) is 36.4 Å². The highest BCUT2D eigenvalue weighted by Crippen LogP contribution is 2.27. The molecule has 2 heteroatoms. The van der Waals surface area contributed by atoms with Gasteiger partial charge in [-0.1, -0.05) is 42.1 Å². The first-order valence-electron chi connectivity index (χ1n) is 4.55. The summed E-state index contributed by atoms with van der Waals surface area (Å²) in [5.74, 6) is 0. The van der Waals surface area contributed by atoms with Crippen LogP contribution in [-0.4, -0.2) is 5.50 Å². The highest BCUT2D eigenvalue weighted by atomic mass is 32.2. The molecular weight excluding hydrogens is 195 g/mol. The highest BCUT2D eigenvalue weighted by molar-refractivity contribution is 7.99. The van der Waals surface area contributed by atoms with Gasteiger partial charge in [-0.25, -0.2) is 4.39 Å². The zero-order valence-corrected chi connectivity index (χ0v) is 8.72. The predicted molar refractivity (Wildman–Crippen MR) is 60.4 cm³/mol. The second kappa shape index (κ2) is 4.01. The monoisotopic (exact) mass is 206 g/mol. The van der Waals surface area contributed by atoms with Crippen LogP contribution in [0.4, 0.5) is 4.39 Å². The SMILES string of the molecule is CC(F)Sc1ccc2ccccc2c1. The van der Waals surface area contributed by atoms with E-state index >= 15 is 0 Å². The summed E-state index contributed by atoms with van der Waals surface area (Å²) in [6, 6.07) is 14.1. The summed E-state index contributed by atoms with van der Waals surface area (Å²) in [6.45, 7) is 1.56. The van der Waals surface area contributed by atoms with Gasteiger partial charge in [0, 0.05) is 4.90 Å². The second-order valence-corrected chi connectivity index (χ2v) is 4.53. The summed E-state index contributed by atoms with van der Waals surface area (Å²) < 4.78 is 12.8. The standard InChI is InChI=1S/C12H11FS/c1-9(13)14-12-7-6-10-4-2-3-5-11(10)8-12/h2-9H,1H3. The molecule has 0 aliphatic rings. The van der Waals surface area contributed by atoms with Crippen LogP contribution in [0.25, 0.3) is 10.8 Å². The molecule has 0 saturated heterocycles. The molecule has 0 aliphatic heterocycles. The molecule has 0 saturated carbocycles. The molecular formula is C12H11FS. The van der Waals surface area contributed by atoms with Crippen LogP contribution < -0.4 is 0 Å². The molecule has 2 rings (SSSR count). The maximum absolute atomic E-state index is 12.8. The second-order valence-electron chi connectivity index (χ2n) is 3.17. The van der Waals surface area contributed by atoms with Crippen LogP contribution in [-0.2, 0) is 0 Å². The lowest BCUT2D eigenvalue weighted by Crippen LogP contribution is -1.83. The smallest absolute Gasteiger partial charge is 0.147 e. The Kier molecular flexibility index (Phi) is 2.73. The third-order valence-electron chi connectivity index (χ3n) is 2.02. The topological polar surface area (TPSA) is 0 Å². The van der Waals surface area contributed by atoms with Gasteiger partial charge in [-0.15, -0.1) is 0 Å². The number of hydrogen-bond acceptors (Lipinski definition) is 1. The first-order chi connectivity index (χ1) is 6.75. The Morgan fingerprint density at radius 2 is 1.79 bits per heavy atom. The number of thioether (sulfide) groups is 1. The van der Waals surface area contributed by atoms with Gasteiger partial charge in [0.05, 0.1) is 0 Å². The number of rotatable bonds is 2. The average Bonchev–Trinajstić information content (AvgIpc) is 2.17. The molecule has 0 fully saturated rings. The fraction of sp³-hybridized carbons (Fsp3) is 0.167. The van der Waals surface area contributed by atoms with E-state index in [0.717, 1.165) is 10.3 Å². The van der Waals surface area contributed by atoms with E-state index in [1.54, 1.807) is 6.92 Å². The number of benzene rings is 2. The van der Waals surface area contributed by atoms with Crippen molar-refractivity contribution in [2.24, 2.45) is 0 Å². The predicted octanol–water partition coefficient (Wildman–Crippen LogP) is 4.25. The van der Waals surface area contributed by atoms with E-state index in [4.69, 9.17) is 0 Å². The van der Waals surface area contributed by atoms with Crippen LogP contribution >= 0.6 is 11.8 Å². The Balaban J connectivity index is 2.41. The number of halogens is 1. The van der Waals surface area contributed by atoms with E-state index in [2.05, 4.69) is 6.07 Å². The van der Waals surface area contributed by atoms with E-state index in [9.17, 15) is 4.39 Å². The maximum Gasteiger partial charge on any atom is 0.147 e. The van der Waals surface area contributed by atoms with Crippen molar-refractivity contribution < 1.29 is 4.39 Å². The Morgan fingerprint density at radius 1 is 1.07 bits per heavy atom. The summed E-state index contributed by atoms with van der Waals surface area (Å²) in [6.07, 6.45) is 0. The Hall–Kier alpha value is -1.02. The molecule has 14 heavy (non-hydrogen) atoms. The molecule has 0 bridgehead atoms. The third-order valence-corrected chi connectivity index (χ3v) is 2.87. The Morgan fingerprint density at radius 3 is 2.50 bits per heavy atom. The first-order valence-corrected chi connectivity index (χ1v) is 5.43. The van der Waals surface area contributed by atoms with Gasteiger partial charge in [0.25, 0.3) is 0 Å². The van der Waals surface area contributed by atoms with Crippen molar-refractivity contribution in [2.75, 3.05) is 0 Å². The van der Waals surface area contributed by atoms with Gasteiger partial charge >= 0.3 is 0 Å². The largest absolute Gasteiger partial charge is 0.236 e. The highest BCUT2D eigenvalue weighted by Gasteiger charge is 2.01. The summed E-state index contributed by atoms with van der Waals surface area (Å²) in [5, 5.41) is 2.36. The molecule has 2 aromatic carbocycles.